The molecule has 82 heavy (non-hydrogen) atoms. The molecule has 390 valence electrons. The van der Waals surface area contributed by atoms with Crippen LogP contribution < -0.4 is 52.1 Å². The van der Waals surface area contributed by atoms with Crippen molar-refractivity contribution >= 4 is 104 Å². The first-order chi connectivity index (χ1) is 40.0. The van der Waals surface area contributed by atoms with Crippen LogP contribution in [0.4, 0.5) is 34.1 Å². The Morgan fingerprint density at radius 1 is 0.366 bits per heavy atom. The molecule has 4 aliphatic heterocycles. The van der Waals surface area contributed by atoms with Gasteiger partial charge in [-0.25, -0.2) is 0 Å². The highest BCUT2D eigenvalue weighted by Gasteiger charge is 2.53. The van der Waals surface area contributed by atoms with Gasteiger partial charge >= 0.3 is 0 Å². The molecular weight excluding hydrogens is 1030 g/mol. The van der Waals surface area contributed by atoms with Gasteiger partial charge in [0, 0.05) is 64.5 Å². The van der Waals surface area contributed by atoms with E-state index in [0.29, 0.717) is 0 Å². The molecule has 0 fully saturated rings. The number of benzene rings is 11. The van der Waals surface area contributed by atoms with Crippen molar-refractivity contribution < 1.29 is 9.47 Å². The van der Waals surface area contributed by atoms with Gasteiger partial charge in [-0.2, -0.15) is 0 Å². The van der Waals surface area contributed by atoms with E-state index < -0.39 is 0 Å². The van der Waals surface area contributed by atoms with E-state index >= 15 is 0 Å². The van der Waals surface area contributed by atoms with E-state index in [-0.39, 0.29) is 24.3 Å². The Morgan fingerprint density at radius 3 is 1.16 bits per heavy atom. The van der Waals surface area contributed by atoms with Crippen molar-refractivity contribution in [2.75, 3.05) is 9.80 Å². The number of fused-ring (bicyclic) bond motifs is 16. The molecular formula is C74H54B2N2O2S2. The lowest BCUT2D eigenvalue weighted by atomic mass is 9.30. The third-order valence-electron chi connectivity index (χ3n) is 18.7. The van der Waals surface area contributed by atoms with Crippen LogP contribution in [0.25, 0.3) is 22.3 Å². The van der Waals surface area contributed by atoms with E-state index in [1.165, 1.54) is 131 Å². The average Bonchev–Trinajstić information content (AvgIpc) is 1.84. The maximum absolute atomic E-state index is 6.58. The third-order valence-corrected chi connectivity index (χ3v) is 21.2. The molecule has 4 nitrogen and oxygen atoms in total. The van der Waals surface area contributed by atoms with Gasteiger partial charge in [-0.3, -0.25) is 0 Å². The second-order valence-corrected chi connectivity index (χ2v) is 26.0. The molecule has 0 amide bonds. The van der Waals surface area contributed by atoms with Crippen LogP contribution in [0.2, 0.25) is 0 Å². The van der Waals surface area contributed by atoms with Crippen LogP contribution in [0.1, 0.15) is 61.1 Å². The Kier molecular flexibility index (Phi) is 10.3. The van der Waals surface area contributed by atoms with Gasteiger partial charge in [0.15, 0.2) is 0 Å². The molecule has 0 bridgehead atoms. The highest BCUT2D eigenvalue weighted by molar-refractivity contribution is 8.00. The SMILES string of the molecule is Cc1c2c(c(C)c3c1B1c4ccccc4Sc4c1c(cc1c4C(C)(C)c4cc(Oc5ccccc5)ccc4-1)N3c1ccccc1)N(c1ccccc1)c1cc3c(c4c1B2c1ccccc1S4)C(C)(C)c1cc(Oc2ccccc2)ccc1-3. The lowest BCUT2D eigenvalue weighted by molar-refractivity contribution is 0.480. The minimum atomic E-state index is -0.322. The van der Waals surface area contributed by atoms with E-state index in [1.807, 2.05) is 84.2 Å². The normalized spacial score (nSPS) is 15.2. The molecule has 17 rings (SSSR count). The smallest absolute Gasteiger partial charge is 0.249 e. The lowest BCUT2D eigenvalue weighted by Crippen LogP contribution is -2.66. The van der Waals surface area contributed by atoms with E-state index in [4.69, 9.17) is 9.47 Å². The minimum Gasteiger partial charge on any atom is -0.457 e. The Morgan fingerprint density at radius 2 is 0.744 bits per heavy atom. The fraction of sp³-hybridized carbons (Fsp3) is 0.108. The zero-order valence-corrected chi connectivity index (χ0v) is 48.1. The lowest BCUT2D eigenvalue weighted by Gasteiger charge is -2.48. The fourth-order valence-corrected chi connectivity index (χ4v) is 18.2. The minimum absolute atomic E-state index is 0.0387. The molecule has 0 spiro atoms. The summed E-state index contributed by atoms with van der Waals surface area (Å²) >= 11 is 3.94. The van der Waals surface area contributed by atoms with Crippen LogP contribution in [0, 0.1) is 13.8 Å². The van der Waals surface area contributed by atoms with E-state index in [9.17, 15) is 0 Å². The summed E-state index contributed by atoms with van der Waals surface area (Å²) in [5.41, 5.74) is 28.1. The summed E-state index contributed by atoms with van der Waals surface area (Å²) in [5, 5.41) is 0. The van der Waals surface area contributed by atoms with Crippen molar-refractivity contribution in [3.05, 3.63) is 252 Å². The summed E-state index contributed by atoms with van der Waals surface area (Å²) in [5.74, 6) is 3.38. The van der Waals surface area contributed by atoms with Gasteiger partial charge in [0.2, 0.25) is 13.4 Å². The molecule has 11 aromatic rings. The van der Waals surface area contributed by atoms with Crippen molar-refractivity contribution in [2.24, 2.45) is 0 Å². The highest BCUT2D eigenvalue weighted by Crippen LogP contribution is 2.60. The van der Waals surface area contributed by atoms with Crippen molar-refractivity contribution in [2.45, 2.75) is 72.0 Å². The molecule has 11 aromatic carbocycles. The third kappa shape index (κ3) is 6.62. The first kappa shape index (κ1) is 48.2. The summed E-state index contributed by atoms with van der Waals surface area (Å²) in [4.78, 5) is 10.7. The number of nitrogens with zero attached hydrogens (tertiary/aromatic N) is 2. The van der Waals surface area contributed by atoms with E-state index in [0.717, 1.165) is 34.4 Å². The maximum atomic E-state index is 6.58. The molecule has 8 heteroatoms. The Hall–Kier alpha value is -8.55. The standard InChI is InChI=1S/C74H54B2N2O2S2/c1-43-65-69(77(45-23-11-7-12-24-45)59-41-53-51-37-35-49(79-47-27-15-9-16-28-47)39-55(51)73(3,4)63(53)71-67(59)75(65)57-31-19-21-33-61(57)81-71)44(2)70-66(43)76-58-32-20-22-34-62(58)82-72-64-54(42-60(68(72)76)78(70)46-25-13-8-14-26-46)52-38-36-50(40-56(52)74(64,5)6)80-48-29-17-10-18-30-48/h7-42H,1-6H3. The number of anilines is 6. The monoisotopic (exact) mass is 1090 g/mol. The van der Waals surface area contributed by atoms with Crippen LogP contribution in [-0.2, 0) is 10.8 Å². The summed E-state index contributed by atoms with van der Waals surface area (Å²) in [6.07, 6.45) is 0. The zero-order valence-electron chi connectivity index (χ0n) is 46.5. The second-order valence-electron chi connectivity index (χ2n) is 23.9. The van der Waals surface area contributed by atoms with Crippen molar-refractivity contribution in [1.29, 1.82) is 0 Å². The number of rotatable bonds is 6. The van der Waals surface area contributed by atoms with Gasteiger partial charge < -0.3 is 19.3 Å². The number of hydrogen-bond donors (Lipinski definition) is 0. The molecule has 6 aliphatic rings. The molecule has 2 aliphatic carbocycles. The second kappa shape index (κ2) is 17.5. The molecule has 0 radical (unpaired) electrons. The predicted molar refractivity (Wildman–Crippen MR) is 344 cm³/mol. The Balaban J connectivity index is 0.955. The van der Waals surface area contributed by atoms with Crippen LogP contribution in [0.5, 0.6) is 23.0 Å². The van der Waals surface area contributed by atoms with Gasteiger partial charge in [0.1, 0.15) is 23.0 Å². The molecule has 0 saturated carbocycles. The summed E-state index contributed by atoms with van der Waals surface area (Å²) in [6, 6.07) is 80.0. The molecule has 0 atom stereocenters. The van der Waals surface area contributed by atoms with Gasteiger partial charge in [-0.1, -0.05) is 189 Å². The van der Waals surface area contributed by atoms with Crippen LogP contribution in [-0.4, -0.2) is 13.4 Å². The van der Waals surface area contributed by atoms with E-state index in [2.05, 4.69) is 209 Å². The number of para-hydroxylation sites is 4. The summed E-state index contributed by atoms with van der Waals surface area (Å²) in [7, 11) is 0. The van der Waals surface area contributed by atoms with Gasteiger partial charge in [0.25, 0.3) is 0 Å². The summed E-state index contributed by atoms with van der Waals surface area (Å²) < 4.78 is 13.2. The average molecular weight is 1090 g/mol. The van der Waals surface area contributed by atoms with Crippen LogP contribution in [0.3, 0.4) is 0 Å². The largest absolute Gasteiger partial charge is 0.457 e. The van der Waals surface area contributed by atoms with Gasteiger partial charge in [-0.15, -0.1) is 0 Å². The summed E-state index contributed by atoms with van der Waals surface area (Å²) in [6.45, 7) is 14.6. The maximum Gasteiger partial charge on any atom is 0.249 e. The highest BCUT2D eigenvalue weighted by atomic mass is 32.2. The van der Waals surface area contributed by atoms with Crippen LogP contribution >= 0.6 is 23.5 Å². The molecule has 0 saturated heterocycles. The van der Waals surface area contributed by atoms with Gasteiger partial charge in [0.05, 0.1) is 0 Å². The fourth-order valence-electron chi connectivity index (χ4n) is 15.3. The number of ether oxygens (including phenoxy) is 2. The molecule has 4 heterocycles. The quantitative estimate of drug-likeness (QED) is 0.154. The molecule has 0 aromatic heterocycles. The predicted octanol–water partition coefficient (Wildman–Crippen LogP) is 16.0. The topological polar surface area (TPSA) is 24.9 Å². The van der Waals surface area contributed by atoms with Crippen molar-refractivity contribution in [3.8, 4) is 45.3 Å². The first-order valence-corrected chi connectivity index (χ1v) is 30.3. The molecule has 0 unspecified atom stereocenters. The Bertz CT molecular complexity index is 4280. The number of hydrogen-bond acceptors (Lipinski definition) is 6. The van der Waals surface area contributed by atoms with Crippen molar-refractivity contribution in [1.82, 2.24) is 0 Å². The Labute approximate surface area is 489 Å². The van der Waals surface area contributed by atoms with Crippen molar-refractivity contribution in [3.63, 3.8) is 0 Å². The first-order valence-electron chi connectivity index (χ1n) is 28.6. The zero-order chi connectivity index (χ0) is 54.9. The molecule has 0 N–H and O–H groups in total. The van der Waals surface area contributed by atoms with E-state index in [1.54, 1.807) is 0 Å². The van der Waals surface area contributed by atoms with Crippen LogP contribution in [0.15, 0.2) is 238 Å². The van der Waals surface area contributed by atoms with Gasteiger partial charge in [-0.05, 0) is 183 Å².